The first-order chi connectivity index (χ1) is 23.0. The molecule has 4 atom stereocenters. The summed E-state index contributed by atoms with van der Waals surface area (Å²) in [4.78, 5) is 59.7. The number of carbonyl (C=O) groups is 4. The van der Waals surface area contributed by atoms with Crippen LogP contribution in [0.15, 0.2) is 146 Å². The molecule has 0 spiro atoms. The van der Waals surface area contributed by atoms with Crippen molar-refractivity contribution in [2.45, 2.75) is 10.8 Å². The number of methoxy groups -OCH3 is 1. The molecule has 6 heteroatoms. The number of imide groups is 1. The maximum Gasteiger partial charge on any atom is 0.337 e. The van der Waals surface area contributed by atoms with Crippen molar-refractivity contribution in [3.8, 4) is 0 Å². The third kappa shape index (κ3) is 3.67. The van der Waals surface area contributed by atoms with Crippen LogP contribution in [0, 0.1) is 11.8 Å². The molecule has 3 aliphatic rings. The summed E-state index contributed by atoms with van der Waals surface area (Å²) in [6.07, 6.45) is 0. The Balaban J connectivity index is 1.51. The number of fused-ring (bicyclic) bond motifs is 5. The average molecular weight is 616 g/mol. The first-order valence-corrected chi connectivity index (χ1v) is 15.6. The lowest BCUT2D eigenvalue weighted by atomic mass is 9.59. The fraction of sp³-hybridized carbons (Fsp3) is 0.122. The fourth-order valence-electron chi connectivity index (χ4n) is 8.48. The Hall–Kier alpha value is -5.88. The van der Waals surface area contributed by atoms with Crippen molar-refractivity contribution in [2.24, 2.45) is 11.8 Å². The van der Waals surface area contributed by atoms with Gasteiger partial charge in [0.15, 0.2) is 5.78 Å². The number of amides is 2. The van der Waals surface area contributed by atoms with Crippen LogP contribution in [0.25, 0.3) is 11.1 Å². The minimum atomic E-state index is -1.49. The lowest BCUT2D eigenvalue weighted by Crippen LogP contribution is -2.45. The molecule has 2 aliphatic carbocycles. The van der Waals surface area contributed by atoms with Gasteiger partial charge in [-0.2, -0.15) is 0 Å². The first kappa shape index (κ1) is 28.6. The third-order valence-corrected chi connectivity index (χ3v) is 10.1. The first-order valence-electron chi connectivity index (χ1n) is 15.6. The standard InChI is InChI=1S/C41H29NO5/c1-47-38(45)28-19-14-24-31(25-28)42-36(43)34-35(37(42)44)41(30-22-12-5-13-23-30)33(27-17-8-3-9-18-27)32(26-15-6-2-7-16-26)40(34,39(41)46)29-20-10-4-11-21-29/h2-25,34-35H,1H3/t34-,35-,40-,41-/m0/s1. The lowest BCUT2D eigenvalue weighted by Gasteiger charge is -2.39. The number of ketones is 1. The van der Waals surface area contributed by atoms with Gasteiger partial charge >= 0.3 is 5.97 Å². The zero-order valence-corrected chi connectivity index (χ0v) is 25.5. The number of rotatable bonds is 6. The smallest absolute Gasteiger partial charge is 0.337 e. The number of Topliss-reactive ketones (excluding diaryl/α,β-unsaturated/α-hetero) is 1. The molecule has 1 saturated heterocycles. The summed E-state index contributed by atoms with van der Waals surface area (Å²) < 4.78 is 4.94. The van der Waals surface area contributed by atoms with E-state index >= 15 is 14.4 Å². The molecule has 8 rings (SSSR count). The van der Waals surface area contributed by atoms with E-state index in [-0.39, 0.29) is 17.0 Å². The molecule has 0 radical (unpaired) electrons. The highest BCUT2D eigenvalue weighted by Crippen LogP contribution is 2.74. The Kier molecular flexibility index (Phi) is 6.44. The number of hydrogen-bond acceptors (Lipinski definition) is 5. The van der Waals surface area contributed by atoms with Crippen molar-refractivity contribution in [3.63, 3.8) is 0 Å². The molecule has 0 unspecified atom stereocenters. The van der Waals surface area contributed by atoms with Gasteiger partial charge in [0.25, 0.3) is 0 Å². The largest absolute Gasteiger partial charge is 0.465 e. The Morgan fingerprint density at radius 1 is 0.574 bits per heavy atom. The highest BCUT2D eigenvalue weighted by molar-refractivity contribution is 6.39. The highest BCUT2D eigenvalue weighted by Gasteiger charge is 2.82. The van der Waals surface area contributed by atoms with Gasteiger partial charge < -0.3 is 4.74 Å². The molecule has 2 amide bonds. The van der Waals surface area contributed by atoms with E-state index in [9.17, 15) is 4.79 Å². The molecule has 0 aromatic heterocycles. The van der Waals surface area contributed by atoms with E-state index < -0.39 is 40.4 Å². The molecule has 47 heavy (non-hydrogen) atoms. The van der Waals surface area contributed by atoms with Gasteiger partial charge in [-0.05, 0) is 51.6 Å². The number of nitrogens with zero attached hydrogens (tertiary/aromatic N) is 1. The Labute approximate surface area is 271 Å². The summed E-state index contributed by atoms with van der Waals surface area (Å²) in [5, 5.41) is 0. The number of hydrogen-bond donors (Lipinski definition) is 0. The van der Waals surface area contributed by atoms with Crippen LogP contribution in [-0.4, -0.2) is 30.7 Å². The molecule has 2 bridgehead atoms. The van der Waals surface area contributed by atoms with Gasteiger partial charge in [0, 0.05) is 0 Å². The fourth-order valence-corrected chi connectivity index (χ4v) is 8.48. The number of benzene rings is 5. The molecular formula is C41H29NO5. The molecule has 5 aromatic carbocycles. The van der Waals surface area contributed by atoms with Crippen molar-refractivity contribution in [1.29, 1.82) is 0 Å². The molecule has 1 saturated carbocycles. The SMILES string of the molecule is COC(=O)c1cccc(N2C(=O)[C@@H]3[C@@H](C2=O)[C@@]2(c4ccccc4)C(=O)[C@@]3(c3ccccc3)C(c3ccccc3)=C2c2ccccc2)c1. The van der Waals surface area contributed by atoms with Crippen LogP contribution in [0.1, 0.15) is 32.6 Å². The average Bonchev–Trinajstić information content (AvgIpc) is 3.64. The second-order valence-corrected chi connectivity index (χ2v) is 12.2. The van der Waals surface area contributed by atoms with E-state index in [1.54, 1.807) is 18.2 Å². The number of anilines is 1. The quantitative estimate of drug-likeness (QED) is 0.158. The van der Waals surface area contributed by atoms with Crippen LogP contribution in [0.4, 0.5) is 5.69 Å². The van der Waals surface area contributed by atoms with Crippen molar-refractivity contribution in [3.05, 3.63) is 173 Å². The summed E-state index contributed by atoms with van der Waals surface area (Å²) in [7, 11) is 1.28. The number of esters is 1. The molecule has 1 aliphatic heterocycles. The van der Waals surface area contributed by atoms with E-state index in [0.29, 0.717) is 11.1 Å². The molecule has 2 fully saturated rings. The van der Waals surface area contributed by atoms with Crippen LogP contribution in [0.3, 0.4) is 0 Å². The molecule has 228 valence electrons. The minimum Gasteiger partial charge on any atom is -0.465 e. The normalized spacial score (nSPS) is 24.5. The van der Waals surface area contributed by atoms with Gasteiger partial charge in [-0.1, -0.05) is 127 Å². The van der Waals surface area contributed by atoms with E-state index in [1.807, 2.05) is 121 Å². The van der Waals surface area contributed by atoms with Gasteiger partial charge in [0.05, 0.1) is 41.0 Å². The summed E-state index contributed by atoms with van der Waals surface area (Å²) in [5.74, 6) is -3.80. The van der Waals surface area contributed by atoms with Gasteiger partial charge in [0.1, 0.15) is 0 Å². The van der Waals surface area contributed by atoms with Crippen molar-refractivity contribution in [1.82, 2.24) is 0 Å². The Morgan fingerprint density at radius 2 is 1.00 bits per heavy atom. The van der Waals surface area contributed by atoms with Crippen molar-refractivity contribution >= 4 is 40.4 Å². The van der Waals surface area contributed by atoms with E-state index in [1.165, 1.54) is 18.1 Å². The van der Waals surface area contributed by atoms with E-state index in [4.69, 9.17) is 4.74 Å². The van der Waals surface area contributed by atoms with Gasteiger partial charge in [0.2, 0.25) is 11.8 Å². The van der Waals surface area contributed by atoms with Crippen LogP contribution in [0.5, 0.6) is 0 Å². The zero-order valence-electron chi connectivity index (χ0n) is 25.5. The summed E-state index contributed by atoms with van der Waals surface area (Å²) in [6.45, 7) is 0. The number of carbonyl (C=O) groups excluding carboxylic acids is 4. The van der Waals surface area contributed by atoms with Crippen LogP contribution >= 0.6 is 0 Å². The maximum absolute atomic E-state index is 15.9. The van der Waals surface area contributed by atoms with Crippen LogP contribution in [-0.2, 0) is 30.0 Å². The second-order valence-electron chi connectivity index (χ2n) is 12.2. The monoisotopic (exact) mass is 615 g/mol. The summed E-state index contributed by atoms with van der Waals surface area (Å²) in [6, 6.07) is 44.6. The second kappa shape index (κ2) is 10.6. The molecule has 5 aromatic rings. The highest BCUT2D eigenvalue weighted by atomic mass is 16.5. The predicted octanol–water partition coefficient (Wildman–Crippen LogP) is 6.66. The minimum absolute atomic E-state index is 0.181. The predicted molar refractivity (Wildman–Crippen MR) is 178 cm³/mol. The molecule has 1 heterocycles. The summed E-state index contributed by atoms with van der Waals surface area (Å²) >= 11 is 0. The van der Waals surface area contributed by atoms with Crippen molar-refractivity contribution < 1.29 is 23.9 Å². The van der Waals surface area contributed by atoms with E-state index in [2.05, 4.69) is 0 Å². The van der Waals surface area contributed by atoms with Gasteiger partial charge in [-0.15, -0.1) is 0 Å². The Morgan fingerprint density at radius 3 is 1.43 bits per heavy atom. The zero-order chi connectivity index (χ0) is 32.3. The maximum atomic E-state index is 15.9. The topological polar surface area (TPSA) is 80.8 Å². The summed E-state index contributed by atoms with van der Waals surface area (Å²) in [5.41, 5.74) is 1.91. The van der Waals surface area contributed by atoms with E-state index in [0.717, 1.165) is 22.3 Å². The molecular weight excluding hydrogens is 586 g/mol. The van der Waals surface area contributed by atoms with Crippen LogP contribution in [0.2, 0.25) is 0 Å². The van der Waals surface area contributed by atoms with Gasteiger partial charge in [-0.25, -0.2) is 9.69 Å². The lowest BCUT2D eigenvalue weighted by molar-refractivity contribution is -0.130. The van der Waals surface area contributed by atoms with Gasteiger partial charge in [-0.3, -0.25) is 14.4 Å². The Bertz CT molecular complexity index is 1990. The third-order valence-electron chi connectivity index (χ3n) is 10.1. The van der Waals surface area contributed by atoms with Crippen molar-refractivity contribution in [2.75, 3.05) is 12.0 Å². The molecule has 6 nitrogen and oxygen atoms in total. The number of allylic oxidation sites excluding steroid dienone is 2. The molecule has 0 N–H and O–H groups in total. The number of ether oxygens (including phenoxy) is 1. The van der Waals surface area contributed by atoms with Crippen LogP contribution < -0.4 is 4.90 Å².